The highest BCUT2D eigenvalue weighted by atomic mass is 35.5. The van der Waals surface area contributed by atoms with Crippen molar-refractivity contribution in [2.75, 3.05) is 6.54 Å². The summed E-state index contributed by atoms with van der Waals surface area (Å²) in [6.45, 7) is 4.29. The van der Waals surface area contributed by atoms with Crippen molar-refractivity contribution >= 4 is 17.5 Å². The van der Waals surface area contributed by atoms with Crippen LogP contribution in [0.3, 0.4) is 0 Å². The van der Waals surface area contributed by atoms with Crippen molar-refractivity contribution in [1.82, 2.24) is 5.32 Å². The van der Waals surface area contributed by atoms with Crippen LogP contribution in [0.1, 0.15) is 49.9 Å². The largest absolute Gasteiger partial charge is 0.490 e. The molecule has 1 aromatic rings. The number of hydrogen-bond acceptors (Lipinski definition) is 3. The normalized spacial score (nSPS) is 16.2. The van der Waals surface area contributed by atoms with Crippen molar-refractivity contribution in [3.63, 3.8) is 0 Å². The quantitative estimate of drug-likeness (QED) is 0.807. The number of aliphatic hydroxyl groups excluding tert-OH is 1. The van der Waals surface area contributed by atoms with Crippen molar-refractivity contribution < 1.29 is 14.6 Å². The number of nitrogens with one attached hydrogen (secondary N) is 1. The van der Waals surface area contributed by atoms with Crippen LogP contribution in [0.5, 0.6) is 5.75 Å². The first-order valence-corrected chi connectivity index (χ1v) is 8.26. The summed E-state index contributed by atoms with van der Waals surface area (Å²) in [5.74, 6) is 0.813. The summed E-state index contributed by atoms with van der Waals surface area (Å²) in [6, 6.07) is 5.11. The van der Waals surface area contributed by atoms with Gasteiger partial charge in [0.15, 0.2) is 0 Å². The van der Waals surface area contributed by atoms with Crippen LogP contribution in [0, 0.1) is 5.92 Å². The molecule has 1 aliphatic carbocycles. The SMILES string of the molecule is CC(C)CC(O)CNC(=O)c1ccc(OC2CCC2)cc1Cl. The predicted octanol–water partition coefficient (Wildman–Crippen LogP) is 3.41. The average Bonchev–Trinajstić information content (AvgIpc) is 2.39. The molecule has 0 heterocycles. The van der Waals surface area contributed by atoms with E-state index in [1.165, 1.54) is 6.42 Å². The molecule has 1 amide bonds. The highest BCUT2D eigenvalue weighted by Gasteiger charge is 2.20. The zero-order chi connectivity index (χ0) is 16.1. The third-order valence-corrected chi connectivity index (χ3v) is 4.09. The first-order valence-electron chi connectivity index (χ1n) is 7.88. The maximum Gasteiger partial charge on any atom is 0.252 e. The molecule has 0 aromatic heterocycles. The summed E-state index contributed by atoms with van der Waals surface area (Å²) in [6.07, 6.45) is 3.76. The fourth-order valence-electron chi connectivity index (χ4n) is 2.37. The lowest BCUT2D eigenvalue weighted by molar-refractivity contribution is 0.0900. The van der Waals surface area contributed by atoms with Gasteiger partial charge in [0.1, 0.15) is 5.75 Å². The number of ether oxygens (including phenoxy) is 1. The van der Waals surface area contributed by atoms with Crippen LogP contribution in [-0.2, 0) is 0 Å². The van der Waals surface area contributed by atoms with E-state index in [0.717, 1.165) is 12.8 Å². The molecule has 0 radical (unpaired) electrons. The Morgan fingerprint density at radius 3 is 2.73 bits per heavy atom. The van der Waals surface area contributed by atoms with Gasteiger partial charge in [-0.3, -0.25) is 4.79 Å². The minimum Gasteiger partial charge on any atom is -0.490 e. The van der Waals surface area contributed by atoms with Crippen LogP contribution in [0.4, 0.5) is 0 Å². The van der Waals surface area contributed by atoms with Crippen LogP contribution < -0.4 is 10.1 Å². The van der Waals surface area contributed by atoms with Gasteiger partial charge in [-0.25, -0.2) is 0 Å². The Hall–Kier alpha value is -1.26. The first-order chi connectivity index (χ1) is 10.5. The van der Waals surface area contributed by atoms with Crippen molar-refractivity contribution in [3.8, 4) is 5.75 Å². The van der Waals surface area contributed by atoms with Crippen LogP contribution in [-0.4, -0.2) is 29.8 Å². The molecule has 0 aliphatic heterocycles. The minimum absolute atomic E-state index is 0.230. The summed E-state index contributed by atoms with van der Waals surface area (Å²) in [7, 11) is 0. The number of hydrogen-bond donors (Lipinski definition) is 2. The third-order valence-electron chi connectivity index (χ3n) is 3.78. The molecule has 1 atom stereocenters. The van der Waals surface area contributed by atoms with E-state index in [2.05, 4.69) is 5.32 Å². The molecular formula is C17H24ClNO3. The maximum atomic E-state index is 12.1. The van der Waals surface area contributed by atoms with Gasteiger partial charge in [-0.2, -0.15) is 0 Å². The second-order valence-electron chi connectivity index (χ2n) is 6.31. The van der Waals surface area contributed by atoms with Gasteiger partial charge >= 0.3 is 0 Å². The number of carbonyl (C=O) groups is 1. The van der Waals surface area contributed by atoms with E-state index < -0.39 is 6.10 Å². The van der Waals surface area contributed by atoms with E-state index in [1.54, 1.807) is 18.2 Å². The van der Waals surface area contributed by atoms with Crippen LogP contribution >= 0.6 is 11.6 Å². The molecule has 2 N–H and O–H groups in total. The topological polar surface area (TPSA) is 58.6 Å². The van der Waals surface area contributed by atoms with Gasteiger partial charge in [0, 0.05) is 6.54 Å². The lowest BCUT2D eigenvalue weighted by Crippen LogP contribution is -2.33. The zero-order valence-electron chi connectivity index (χ0n) is 13.1. The van der Waals surface area contributed by atoms with Gasteiger partial charge in [0.05, 0.1) is 22.8 Å². The van der Waals surface area contributed by atoms with Crippen molar-refractivity contribution in [2.45, 2.75) is 51.7 Å². The number of aliphatic hydroxyl groups is 1. The van der Waals surface area contributed by atoms with Gasteiger partial charge in [-0.15, -0.1) is 0 Å². The molecule has 22 heavy (non-hydrogen) atoms. The second kappa shape index (κ2) is 7.84. The molecule has 5 heteroatoms. The fraction of sp³-hybridized carbons (Fsp3) is 0.588. The molecular weight excluding hydrogens is 302 g/mol. The molecule has 122 valence electrons. The van der Waals surface area contributed by atoms with Gasteiger partial charge < -0.3 is 15.2 Å². The third kappa shape index (κ3) is 4.89. The molecule has 1 aromatic carbocycles. The highest BCUT2D eigenvalue weighted by molar-refractivity contribution is 6.34. The highest BCUT2D eigenvalue weighted by Crippen LogP contribution is 2.28. The molecule has 2 rings (SSSR count). The van der Waals surface area contributed by atoms with E-state index in [4.69, 9.17) is 16.3 Å². The van der Waals surface area contributed by atoms with Crippen molar-refractivity contribution in [2.24, 2.45) is 5.92 Å². The Bertz CT molecular complexity index is 515. The predicted molar refractivity (Wildman–Crippen MR) is 87.5 cm³/mol. The van der Waals surface area contributed by atoms with E-state index in [0.29, 0.717) is 28.7 Å². The molecule has 4 nitrogen and oxygen atoms in total. The molecule has 0 spiro atoms. The van der Waals surface area contributed by atoms with Gasteiger partial charge in [-0.05, 0) is 49.8 Å². The van der Waals surface area contributed by atoms with Crippen molar-refractivity contribution in [3.05, 3.63) is 28.8 Å². The number of halogens is 1. The van der Waals surface area contributed by atoms with E-state index in [9.17, 15) is 9.90 Å². The summed E-state index contributed by atoms with van der Waals surface area (Å²) < 4.78 is 5.75. The van der Waals surface area contributed by atoms with Gasteiger partial charge in [-0.1, -0.05) is 25.4 Å². The summed E-state index contributed by atoms with van der Waals surface area (Å²) in [4.78, 5) is 12.1. The van der Waals surface area contributed by atoms with Gasteiger partial charge in [0.25, 0.3) is 5.91 Å². The molecule has 1 aliphatic rings. The summed E-state index contributed by atoms with van der Waals surface area (Å²) in [5, 5.41) is 12.9. The summed E-state index contributed by atoms with van der Waals surface area (Å²) in [5.41, 5.74) is 0.402. The number of amides is 1. The number of benzene rings is 1. The molecule has 1 saturated carbocycles. The molecule has 0 bridgehead atoms. The van der Waals surface area contributed by atoms with Crippen LogP contribution in [0.15, 0.2) is 18.2 Å². The fourth-order valence-corrected chi connectivity index (χ4v) is 2.62. The molecule has 1 fully saturated rings. The second-order valence-corrected chi connectivity index (χ2v) is 6.71. The van der Waals surface area contributed by atoms with E-state index in [1.807, 2.05) is 13.8 Å². The lowest BCUT2D eigenvalue weighted by Gasteiger charge is -2.26. The lowest BCUT2D eigenvalue weighted by atomic mass is 9.96. The number of carbonyl (C=O) groups excluding carboxylic acids is 1. The Kier molecular flexibility index (Phi) is 6.09. The molecule has 1 unspecified atom stereocenters. The van der Waals surface area contributed by atoms with Crippen LogP contribution in [0.2, 0.25) is 5.02 Å². The first kappa shape index (κ1) is 17.1. The monoisotopic (exact) mass is 325 g/mol. The van der Waals surface area contributed by atoms with Gasteiger partial charge in [0.2, 0.25) is 0 Å². The minimum atomic E-state index is -0.538. The van der Waals surface area contributed by atoms with E-state index >= 15 is 0 Å². The average molecular weight is 326 g/mol. The van der Waals surface area contributed by atoms with Crippen molar-refractivity contribution in [1.29, 1.82) is 0 Å². The smallest absolute Gasteiger partial charge is 0.252 e. The molecule has 0 saturated heterocycles. The Balaban J connectivity index is 1.89. The Morgan fingerprint density at radius 2 is 2.18 bits per heavy atom. The standard InChI is InChI=1S/C17H24ClNO3/c1-11(2)8-12(20)10-19-17(21)15-7-6-14(9-16(15)18)22-13-4-3-5-13/h6-7,9,11-13,20H,3-5,8,10H2,1-2H3,(H,19,21). The number of rotatable bonds is 7. The van der Waals surface area contributed by atoms with E-state index in [-0.39, 0.29) is 18.6 Å². The van der Waals surface area contributed by atoms with Crippen LogP contribution in [0.25, 0.3) is 0 Å². The maximum absolute atomic E-state index is 12.1. The Labute approximate surface area is 136 Å². The summed E-state index contributed by atoms with van der Waals surface area (Å²) >= 11 is 6.17. The zero-order valence-corrected chi connectivity index (χ0v) is 13.9. The Morgan fingerprint density at radius 1 is 1.45 bits per heavy atom.